The van der Waals surface area contributed by atoms with E-state index in [1.54, 1.807) is 0 Å². The summed E-state index contributed by atoms with van der Waals surface area (Å²) in [7, 11) is 0. The molecule has 1 rings (SSSR count). The Bertz CT molecular complexity index is 321. The van der Waals surface area contributed by atoms with Crippen LogP contribution in [0.5, 0.6) is 0 Å². The summed E-state index contributed by atoms with van der Waals surface area (Å²) in [6.45, 7) is 5.84. The Labute approximate surface area is 105 Å². The summed E-state index contributed by atoms with van der Waals surface area (Å²) in [5.41, 5.74) is 1.22. The molecule has 0 spiro atoms. The average Bonchev–Trinajstić information content (AvgIpc) is 2.36. The fraction of sp³-hybridized carbons (Fsp3) is 0.533. The van der Waals surface area contributed by atoms with E-state index in [1.165, 1.54) is 5.56 Å². The molecule has 0 heterocycles. The SMILES string of the molecule is CCCCN(Cc1ccccc1)C(=O)CCC. The Kier molecular flexibility index (Phi) is 6.38. The van der Waals surface area contributed by atoms with Gasteiger partial charge in [0.05, 0.1) is 0 Å². The van der Waals surface area contributed by atoms with E-state index in [0.29, 0.717) is 6.42 Å². The first kappa shape index (κ1) is 13.8. The lowest BCUT2D eigenvalue weighted by atomic mass is 10.2. The fourth-order valence-electron chi connectivity index (χ4n) is 1.82. The van der Waals surface area contributed by atoms with Crippen LogP contribution >= 0.6 is 0 Å². The number of carbonyl (C=O) groups is 1. The van der Waals surface area contributed by atoms with Gasteiger partial charge in [0.25, 0.3) is 0 Å². The third-order valence-corrected chi connectivity index (χ3v) is 2.81. The highest BCUT2D eigenvalue weighted by Gasteiger charge is 2.11. The molecule has 0 saturated carbocycles. The summed E-state index contributed by atoms with van der Waals surface area (Å²) >= 11 is 0. The van der Waals surface area contributed by atoms with Gasteiger partial charge < -0.3 is 4.90 Å². The molecule has 0 aromatic heterocycles. The summed E-state index contributed by atoms with van der Waals surface area (Å²) in [5.74, 6) is 0.282. The summed E-state index contributed by atoms with van der Waals surface area (Å²) in [5, 5.41) is 0. The van der Waals surface area contributed by atoms with Gasteiger partial charge in [0.1, 0.15) is 0 Å². The average molecular weight is 233 g/mol. The van der Waals surface area contributed by atoms with Gasteiger partial charge in [-0.1, -0.05) is 50.6 Å². The molecule has 2 heteroatoms. The first-order valence-corrected chi connectivity index (χ1v) is 6.59. The molecule has 0 unspecified atom stereocenters. The number of hydrogen-bond acceptors (Lipinski definition) is 1. The van der Waals surface area contributed by atoms with Crippen LogP contribution in [0, 0.1) is 0 Å². The number of hydrogen-bond donors (Lipinski definition) is 0. The van der Waals surface area contributed by atoms with Crippen molar-refractivity contribution < 1.29 is 4.79 Å². The molecular formula is C15H23NO. The molecule has 1 aromatic rings. The number of amides is 1. The molecule has 0 aliphatic heterocycles. The molecule has 1 aromatic carbocycles. The van der Waals surface area contributed by atoms with E-state index in [0.717, 1.165) is 32.4 Å². The lowest BCUT2D eigenvalue weighted by molar-refractivity contribution is -0.131. The summed E-state index contributed by atoms with van der Waals surface area (Å²) < 4.78 is 0. The highest BCUT2D eigenvalue weighted by molar-refractivity contribution is 5.76. The van der Waals surface area contributed by atoms with E-state index in [2.05, 4.69) is 26.0 Å². The Balaban J connectivity index is 2.59. The second kappa shape index (κ2) is 7.88. The molecule has 0 bridgehead atoms. The molecule has 17 heavy (non-hydrogen) atoms. The Morgan fingerprint density at radius 3 is 2.41 bits per heavy atom. The van der Waals surface area contributed by atoms with Crippen LogP contribution in [0.15, 0.2) is 30.3 Å². The number of carbonyl (C=O) groups excluding carboxylic acids is 1. The molecule has 2 nitrogen and oxygen atoms in total. The number of benzene rings is 1. The van der Waals surface area contributed by atoms with Crippen molar-refractivity contribution in [2.24, 2.45) is 0 Å². The zero-order valence-corrected chi connectivity index (χ0v) is 11.0. The van der Waals surface area contributed by atoms with Crippen molar-refractivity contribution in [3.8, 4) is 0 Å². The van der Waals surface area contributed by atoms with E-state index >= 15 is 0 Å². The van der Waals surface area contributed by atoms with Crippen molar-refractivity contribution in [2.45, 2.75) is 46.1 Å². The first-order valence-electron chi connectivity index (χ1n) is 6.59. The highest BCUT2D eigenvalue weighted by Crippen LogP contribution is 2.08. The van der Waals surface area contributed by atoms with Gasteiger partial charge in [0, 0.05) is 19.5 Å². The third-order valence-electron chi connectivity index (χ3n) is 2.81. The topological polar surface area (TPSA) is 20.3 Å². The smallest absolute Gasteiger partial charge is 0.222 e. The minimum absolute atomic E-state index is 0.282. The molecule has 0 aliphatic rings. The van der Waals surface area contributed by atoms with Crippen molar-refractivity contribution in [2.75, 3.05) is 6.54 Å². The van der Waals surface area contributed by atoms with Gasteiger partial charge in [-0.05, 0) is 18.4 Å². The van der Waals surface area contributed by atoms with Crippen molar-refractivity contribution >= 4 is 5.91 Å². The molecule has 0 atom stereocenters. The molecule has 0 fully saturated rings. The molecule has 0 aliphatic carbocycles. The standard InChI is InChI=1S/C15H23NO/c1-3-5-12-16(15(17)9-4-2)13-14-10-7-6-8-11-14/h6-8,10-11H,3-5,9,12-13H2,1-2H3. The van der Waals surface area contributed by atoms with E-state index in [1.807, 2.05) is 23.1 Å². The van der Waals surface area contributed by atoms with Gasteiger partial charge >= 0.3 is 0 Å². The lowest BCUT2D eigenvalue weighted by Crippen LogP contribution is -2.31. The molecule has 1 amide bonds. The van der Waals surface area contributed by atoms with Gasteiger partial charge in [-0.2, -0.15) is 0 Å². The predicted molar refractivity (Wildman–Crippen MR) is 71.7 cm³/mol. The largest absolute Gasteiger partial charge is 0.338 e. The van der Waals surface area contributed by atoms with Crippen molar-refractivity contribution in [3.05, 3.63) is 35.9 Å². The van der Waals surface area contributed by atoms with Crippen LogP contribution < -0.4 is 0 Å². The van der Waals surface area contributed by atoms with Crippen LogP contribution in [0.25, 0.3) is 0 Å². The quantitative estimate of drug-likeness (QED) is 0.704. The second-order valence-electron chi connectivity index (χ2n) is 4.40. The maximum Gasteiger partial charge on any atom is 0.222 e. The van der Waals surface area contributed by atoms with Crippen LogP contribution in [0.4, 0.5) is 0 Å². The highest BCUT2D eigenvalue weighted by atomic mass is 16.2. The minimum Gasteiger partial charge on any atom is -0.338 e. The van der Waals surface area contributed by atoms with Crippen molar-refractivity contribution in [1.82, 2.24) is 4.90 Å². The van der Waals surface area contributed by atoms with E-state index in [4.69, 9.17) is 0 Å². The summed E-state index contributed by atoms with van der Waals surface area (Å²) in [6, 6.07) is 10.2. The Hall–Kier alpha value is -1.31. The Morgan fingerprint density at radius 1 is 1.12 bits per heavy atom. The van der Waals surface area contributed by atoms with Gasteiger partial charge in [-0.15, -0.1) is 0 Å². The monoisotopic (exact) mass is 233 g/mol. The number of nitrogens with zero attached hydrogens (tertiary/aromatic N) is 1. The predicted octanol–water partition coefficient (Wildman–Crippen LogP) is 3.62. The van der Waals surface area contributed by atoms with Crippen molar-refractivity contribution in [3.63, 3.8) is 0 Å². The van der Waals surface area contributed by atoms with Crippen molar-refractivity contribution in [1.29, 1.82) is 0 Å². The summed E-state index contributed by atoms with van der Waals surface area (Å²) in [6.07, 6.45) is 3.81. The van der Waals surface area contributed by atoms with Crippen LogP contribution in [-0.4, -0.2) is 17.4 Å². The maximum atomic E-state index is 12.0. The third kappa shape index (κ3) is 5.03. The fourth-order valence-corrected chi connectivity index (χ4v) is 1.82. The number of unbranched alkanes of at least 4 members (excludes halogenated alkanes) is 1. The van der Waals surface area contributed by atoms with Gasteiger partial charge in [0.15, 0.2) is 0 Å². The van der Waals surface area contributed by atoms with Crippen LogP contribution in [0.1, 0.15) is 45.1 Å². The van der Waals surface area contributed by atoms with Gasteiger partial charge in [-0.3, -0.25) is 4.79 Å². The zero-order chi connectivity index (χ0) is 12.5. The first-order chi connectivity index (χ1) is 8.27. The minimum atomic E-state index is 0.282. The molecule has 94 valence electrons. The molecular weight excluding hydrogens is 210 g/mol. The van der Waals surface area contributed by atoms with Crippen LogP contribution in [0.3, 0.4) is 0 Å². The maximum absolute atomic E-state index is 12.0. The normalized spacial score (nSPS) is 10.2. The van der Waals surface area contributed by atoms with E-state index < -0.39 is 0 Å². The van der Waals surface area contributed by atoms with Gasteiger partial charge in [-0.25, -0.2) is 0 Å². The Morgan fingerprint density at radius 2 is 1.82 bits per heavy atom. The van der Waals surface area contributed by atoms with Gasteiger partial charge in [0.2, 0.25) is 5.91 Å². The molecule has 0 radical (unpaired) electrons. The number of rotatable bonds is 7. The lowest BCUT2D eigenvalue weighted by Gasteiger charge is -2.22. The van der Waals surface area contributed by atoms with Crippen LogP contribution in [-0.2, 0) is 11.3 Å². The molecule has 0 saturated heterocycles. The second-order valence-corrected chi connectivity index (χ2v) is 4.40. The summed E-state index contributed by atoms with van der Waals surface area (Å²) in [4.78, 5) is 14.0. The molecule has 0 N–H and O–H groups in total. The zero-order valence-electron chi connectivity index (χ0n) is 11.0. The van der Waals surface area contributed by atoms with E-state index in [9.17, 15) is 4.79 Å². The van der Waals surface area contributed by atoms with E-state index in [-0.39, 0.29) is 5.91 Å². The van der Waals surface area contributed by atoms with Crippen LogP contribution in [0.2, 0.25) is 0 Å².